The van der Waals surface area contributed by atoms with E-state index in [2.05, 4.69) is 4.98 Å². The number of aromatic amines is 1. The number of carbonyl (C=O) groups is 2. The molecule has 1 atom stereocenters. The van der Waals surface area contributed by atoms with E-state index in [4.69, 9.17) is 14.2 Å². The number of hydrogen-bond donors (Lipinski definition) is 1. The molecule has 5 aromatic rings. The maximum Gasteiger partial charge on any atom is 0.312 e. The molecule has 0 aliphatic carbocycles. The minimum absolute atomic E-state index is 0.0675. The molecule has 8 heteroatoms. The van der Waals surface area contributed by atoms with Gasteiger partial charge in [0, 0.05) is 57.7 Å². The summed E-state index contributed by atoms with van der Waals surface area (Å²) in [5.74, 6) is -0.00208. The van der Waals surface area contributed by atoms with Crippen LogP contribution in [0.4, 0.5) is 0 Å². The Morgan fingerprint density at radius 1 is 1.03 bits per heavy atom. The summed E-state index contributed by atoms with van der Waals surface area (Å²) in [5.41, 5.74) is 3.45. The Bertz CT molecular complexity index is 1960. The maximum absolute atomic E-state index is 13.5. The fraction of sp³-hybridized carbons (Fsp3) is 0.129. The average Bonchev–Trinajstić information content (AvgIpc) is 3.43. The van der Waals surface area contributed by atoms with Crippen molar-refractivity contribution in [2.75, 3.05) is 7.11 Å². The molecule has 0 unspecified atom stereocenters. The number of allylic oxidation sites excluding steroid dienone is 1. The molecule has 2 aliphatic rings. The van der Waals surface area contributed by atoms with Crippen LogP contribution in [0, 0.1) is 0 Å². The second-order valence-corrected chi connectivity index (χ2v) is 9.74. The predicted molar refractivity (Wildman–Crippen MR) is 146 cm³/mol. The summed E-state index contributed by atoms with van der Waals surface area (Å²) in [6.45, 7) is 0. The first kappa shape index (κ1) is 23.0. The highest BCUT2D eigenvalue weighted by atomic mass is 16.5. The van der Waals surface area contributed by atoms with Crippen LogP contribution in [0.25, 0.3) is 27.9 Å². The van der Waals surface area contributed by atoms with Crippen molar-refractivity contribution in [2.24, 2.45) is 7.05 Å². The smallest absolute Gasteiger partial charge is 0.312 e. The molecule has 0 saturated carbocycles. The fourth-order valence-corrected chi connectivity index (χ4v) is 5.59. The first-order valence-corrected chi connectivity index (χ1v) is 12.5. The lowest BCUT2D eigenvalue weighted by Gasteiger charge is -2.26. The van der Waals surface area contributed by atoms with Gasteiger partial charge in [-0.05, 0) is 48.5 Å². The molecule has 8 nitrogen and oxygen atoms in total. The molecule has 0 spiro atoms. The number of para-hydroxylation sites is 1. The van der Waals surface area contributed by atoms with Gasteiger partial charge in [0.2, 0.25) is 5.78 Å². The van der Waals surface area contributed by atoms with E-state index in [1.54, 1.807) is 43.5 Å². The number of esters is 1. The van der Waals surface area contributed by atoms with Crippen LogP contribution in [0.3, 0.4) is 0 Å². The summed E-state index contributed by atoms with van der Waals surface area (Å²) in [6.07, 6.45) is 3.61. The van der Waals surface area contributed by atoms with E-state index in [-0.39, 0.29) is 29.3 Å². The highest BCUT2D eigenvalue weighted by Crippen LogP contribution is 2.48. The quantitative estimate of drug-likeness (QED) is 0.203. The number of aromatic nitrogens is 2. The van der Waals surface area contributed by atoms with Crippen LogP contribution in [-0.4, -0.2) is 28.4 Å². The standard InChI is InChI=1S/C31H22N2O6/c1-33-15-17(19-5-3-4-6-24(19)33)13-26-29(35)20-8-10-25-28(30(20)39-26)21(14-27(34)38-25)22-12-16-11-18(37-2)7-9-23(16)32-31(22)36/h3-13,15,21H,14H2,1-2H3,(H,32,36)/b26-13-/t21-/m0/s1. The van der Waals surface area contributed by atoms with Gasteiger partial charge in [-0.2, -0.15) is 0 Å². The fourth-order valence-electron chi connectivity index (χ4n) is 5.59. The Morgan fingerprint density at radius 2 is 1.87 bits per heavy atom. The van der Waals surface area contributed by atoms with Crippen LogP contribution < -0.4 is 19.8 Å². The van der Waals surface area contributed by atoms with Crippen LogP contribution in [-0.2, 0) is 11.8 Å². The summed E-state index contributed by atoms with van der Waals surface area (Å²) >= 11 is 0. The van der Waals surface area contributed by atoms with Gasteiger partial charge in [-0.1, -0.05) is 18.2 Å². The monoisotopic (exact) mass is 518 g/mol. The van der Waals surface area contributed by atoms with Crippen LogP contribution >= 0.6 is 0 Å². The Balaban J connectivity index is 1.37. The number of rotatable bonds is 3. The summed E-state index contributed by atoms with van der Waals surface area (Å²) in [6, 6.07) is 18.2. The molecular weight excluding hydrogens is 496 g/mol. The van der Waals surface area contributed by atoms with Gasteiger partial charge >= 0.3 is 5.97 Å². The number of fused-ring (bicyclic) bond motifs is 5. The lowest BCUT2D eigenvalue weighted by atomic mass is 9.85. The van der Waals surface area contributed by atoms with E-state index in [1.807, 2.05) is 48.1 Å². The molecule has 0 saturated heterocycles. The molecule has 2 aliphatic heterocycles. The highest BCUT2D eigenvalue weighted by molar-refractivity contribution is 6.15. The Labute approximate surface area is 222 Å². The van der Waals surface area contributed by atoms with Crippen molar-refractivity contribution in [3.63, 3.8) is 0 Å². The number of nitrogens with zero attached hydrogens (tertiary/aromatic N) is 1. The topological polar surface area (TPSA) is 99.6 Å². The third-order valence-electron chi connectivity index (χ3n) is 7.45. The van der Waals surface area contributed by atoms with Crippen molar-refractivity contribution in [1.82, 2.24) is 9.55 Å². The molecule has 0 radical (unpaired) electrons. The van der Waals surface area contributed by atoms with Crippen molar-refractivity contribution in [2.45, 2.75) is 12.3 Å². The maximum atomic E-state index is 13.5. The van der Waals surface area contributed by atoms with Crippen molar-refractivity contribution >= 4 is 39.6 Å². The third-order valence-corrected chi connectivity index (χ3v) is 7.45. The highest BCUT2D eigenvalue weighted by Gasteiger charge is 2.39. The van der Waals surface area contributed by atoms with E-state index in [1.165, 1.54) is 0 Å². The lowest BCUT2D eigenvalue weighted by Crippen LogP contribution is -2.26. The first-order chi connectivity index (χ1) is 18.9. The zero-order chi connectivity index (χ0) is 26.8. The zero-order valence-corrected chi connectivity index (χ0v) is 21.1. The van der Waals surface area contributed by atoms with Gasteiger partial charge < -0.3 is 23.8 Å². The average molecular weight is 519 g/mol. The second kappa shape index (κ2) is 8.46. The van der Waals surface area contributed by atoms with Crippen molar-refractivity contribution < 1.29 is 23.8 Å². The number of ether oxygens (including phenoxy) is 3. The first-order valence-electron chi connectivity index (χ1n) is 12.5. The number of hydrogen-bond acceptors (Lipinski definition) is 6. The van der Waals surface area contributed by atoms with Gasteiger partial charge in [0.1, 0.15) is 17.2 Å². The molecule has 0 bridgehead atoms. The van der Waals surface area contributed by atoms with Crippen molar-refractivity contribution in [3.05, 3.63) is 105 Å². The molecular formula is C31H22N2O6. The molecule has 0 fully saturated rings. The van der Waals surface area contributed by atoms with Crippen LogP contribution in [0.5, 0.6) is 17.2 Å². The van der Waals surface area contributed by atoms with E-state index in [9.17, 15) is 14.4 Å². The number of Topliss-reactive ketones (excluding diaryl/α,β-unsaturated/α-hetero) is 1. The largest absolute Gasteiger partial charge is 0.497 e. The molecule has 1 N–H and O–H groups in total. The minimum atomic E-state index is -0.666. The normalized spacial score (nSPS) is 17.3. The number of H-pyrrole nitrogens is 1. The van der Waals surface area contributed by atoms with Gasteiger partial charge in [0.15, 0.2) is 5.76 Å². The number of nitrogens with one attached hydrogen (secondary N) is 1. The molecule has 39 heavy (non-hydrogen) atoms. The molecule has 3 aromatic carbocycles. The van der Waals surface area contributed by atoms with Gasteiger partial charge in [-0.3, -0.25) is 14.4 Å². The third kappa shape index (κ3) is 3.56. The Hall–Kier alpha value is -5.11. The second-order valence-electron chi connectivity index (χ2n) is 9.74. The molecule has 4 heterocycles. The summed E-state index contributed by atoms with van der Waals surface area (Å²) in [7, 11) is 3.52. The number of methoxy groups -OCH3 is 1. The van der Waals surface area contributed by atoms with Crippen molar-refractivity contribution in [3.8, 4) is 17.2 Å². The minimum Gasteiger partial charge on any atom is -0.497 e. The number of pyridine rings is 1. The Kier molecular flexibility index (Phi) is 5.00. The Morgan fingerprint density at radius 3 is 2.72 bits per heavy atom. The SMILES string of the molecule is COc1ccc2[nH]c(=O)c([C@@H]3CC(=O)Oc4ccc5c(c43)O/C(=C\c3cn(C)c4ccccc34)C5=O)cc2c1. The number of benzene rings is 3. The van der Waals surface area contributed by atoms with Gasteiger partial charge in [-0.25, -0.2) is 0 Å². The predicted octanol–water partition coefficient (Wildman–Crippen LogP) is 5.09. The van der Waals surface area contributed by atoms with E-state index in [0.29, 0.717) is 33.7 Å². The van der Waals surface area contributed by atoms with E-state index >= 15 is 0 Å². The summed E-state index contributed by atoms with van der Waals surface area (Å²) in [5, 5.41) is 1.75. The van der Waals surface area contributed by atoms with Gasteiger partial charge in [-0.15, -0.1) is 0 Å². The number of aryl methyl sites for hydroxylation is 1. The van der Waals surface area contributed by atoms with Crippen LogP contribution in [0.1, 0.15) is 39.4 Å². The molecule has 7 rings (SSSR count). The van der Waals surface area contributed by atoms with Gasteiger partial charge in [0.25, 0.3) is 5.56 Å². The number of ketones is 1. The van der Waals surface area contributed by atoms with E-state index < -0.39 is 11.9 Å². The zero-order valence-electron chi connectivity index (χ0n) is 21.1. The number of carbonyl (C=O) groups excluding carboxylic acids is 2. The summed E-state index contributed by atoms with van der Waals surface area (Å²) < 4.78 is 19.1. The van der Waals surface area contributed by atoms with Crippen molar-refractivity contribution in [1.29, 1.82) is 0 Å². The molecule has 2 aromatic heterocycles. The lowest BCUT2D eigenvalue weighted by molar-refractivity contribution is -0.135. The van der Waals surface area contributed by atoms with E-state index in [0.717, 1.165) is 21.9 Å². The van der Waals surface area contributed by atoms with Crippen LogP contribution in [0.2, 0.25) is 0 Å². The summed E-state index contributed by atoms with van der Waals surface area (Å²) in [4.78, 5) is 42.2. The van der Waals surface area contributed by atoms with Crippen LogP contribution in [0.15, 0.2) is 77.4 Å². The molecule has 0 amide bonds. The van der Waals surface area contributed by atoms with Gasteiger partial charge in [0.05, 0.1) is 19.1 Å². The molecule has 192 valence electrons.